The Balaban J connectivity index is 2.50. The monoisotopic (exact) mass is 283 g/mol. The quantitative estimate of drug-likeness (QED) is 0.780. The van der Waals surface area contributed by atoms with E-state index in [1.54, 1.807) is 0 Å². The van der Waals surface area contributed by atoms with Crippen LogP contribution in [0.15, 0.2) is 24.3 Å². The highest BCUT2D eigenvalue weighted by molar-refractivity contribution is 6.30. The highest BCUT2D eigenvalue weighted by Crippen LogP contribution is 2.13. The third-order valence-corrected chi connectivity index (χ3v) is 3.43. The minimum Gasteiger partial charge on any atom is -0.466 e. The van der Waals surface area contributed by atoms with Gasteiger partial charge in [-0.15, -0.1) is 0 Å². The summed E-state index contributed by atoms with van der Waals surface area (Å²) in [6.45, 7) is 6.99. The van der Waals surface area contributed by atoms with E-state index in [1.165, 1.54) is 0 Å². The summed E-state index contributed by atoms with van der Waals surface area (Å²) in [5, 5.41) is 4.10. The molecule has 0 radical (unpaired) electrons. The van der Waals surface area contributed by atoms with Crippen molar-refractivity contribution in [1.82, 2.24) is 5.32 Å². The summed E-state index contributed by atoms with van der Waals surface area (Å²) >= 11 is 5.84. The van der Waals surface area contributed by atoms with Crippen LogP contribution in [0.5, 0.6) is 0 Å². The molecule has 1 aromatic rings. The first-order chi connectivity index (χ1) is 9.08. The molecule has 2 unspecified atom stereocenters. The maximum absolute atomic E-state index is 11.8. The van der Waals surface area contributed by atoms with Crippen molar-refractivity contribution in [2.24, 2.45) is 5.92 Å². The van der Waals surface area contributed by atoms with Gasteiger partial charge in [-0.05, 0) is 38.0 Å². The second-order valence-electron chi connectivity index (χ2n) is 4.56. The summed E-state index contributed by atoms with van der Waals surface area (Å²) in [6.07, 6.45) is 0.771. The molecule has 0 aliphatic carbocycles. The predicted octanol–water partition coefficient (Wildman–Crippen LogP) is 3.41. The van der Waals surface area contributed by atoms with Gasteiger partial charge in [-0.2, -0.15) is 0 Å². The number of hydrogen-bond donors (Lipinski definition) is 1. The highest BCUT2D eigenvalue weighted by Gasteiger charge is 2.23. The summed E-state index contributed by atoms with van der Waals surface area (Å²) in [4.78, 5) is 11.8. The lowest BCUT2D eigenvalue weighted by Crippen LogP contribution is -2.38. The van der Waals surface area contributed by atoms with Gasteiger partial charge in [0.25, 0.3) is 0 Å². The molecule has 0 fully saturated rings. The average Bonchev–Trinajstić information content (AvgIpc) is 2.39. The van der Waals surface area contributed by atoms with Crippen LogP contribution in [0.4, 0.5) is 0 Å². The Labute approximate surface area is 120 Å². The second kappa shape index (κ2) is 8.18. The van der Waals surface area contributed by atoms with Crippen molar-refractivity contribution in [1.29, 1.82) is 0 Å². The summed E-state index contributed by atoms with van der Waals surface area (Å²) in [5.74, 6) is -0.228. The summed E-state index contributed by atoms with van der Waals surface area (Å²) in [5.41, 5.74) is 1.15. The molecule has 1 N–H and O–H groups in total. The molecule has 0 spiro atoms. The van der Waals surface area contributed by atoms with Crippen molar-refractivity contribution in [3.8, 4) is 0 Å². The van der Waals surface area contributed by atoms with Crippen LogP contribution in [0.2, 0.25) is 5.02 Å². The number of esters is 1. The van der Waals surface area contributed by atoms with Gasteiger partial charge >= 0.3 is 5.97 Å². The molecule has 3 nitrogen and oxygen atoms in total. The molecule has 0 aromatic heterocycles. The van der Waals surface area contributed by atoms with Crippen LogP contribution < -0.4 is 5.32 Å². The fraction of sp³-hybridized carbons (Fsp3) is 0.533. The van der Waals surface area contributed by atoms with E-state index in [4.69, 9.17) is 16.3 Å². The van der Waals surface area contributed by atoms with E-state index >= 15 is 0 Å². The van der Waals surface area contributed by atoms with Crippen molar-refractivity contribution in [2.45, 2.75) is 39.8 Å². The SMILES string of the molecule is CCOC(=O)C(CC)C(C)NCc1ccc(Cl)cc1. The number of rotatable bonds is 7. The molecule has 0 heterocycles. The van der Waals surface area contributed by atoms with Crippen LogP contribution in [0.25, 0.3) is 0 Å². The Morgan fingerprint density at radius 2 is 1.95 bits per heavy atom. The van der Waals surface area contributed by atoms with Gasteiger partial charge in [-0.25, -0.2) is 0 Å². The second-order valence-corrected chi connectivity index (χ2v) is 5.00. The zero-order chi connectivity index (χ0) is 14.3. The highest BCUT2D eigenvalue weighted by atomic mass is 35.5. The first-order valence-corrected chi connectivity index (χ1v) is 7.10. The molecule has 0 amide bonds. The van der Waals surface area contributed by atoms with Crippen LogP contribution in [0.3, 0.4) is 0 Å². The number of nitrogens with one attached hydrogen (secondary N) is 1. The first-order valence-electron chi connectivity index (χ1n) is 6.72. The van der Waals surface area contributed by atoms with Crippen molar-refractivity contribution >= 4 is 17.6 Å². The van der Waals surface area contributed by atoms with Crippen LogP contribution >= 0.6 is 11.6 Å². The lowest BCUT2D eigenvalue weighted by atomic mass is 9.98. The fourth-order valence-corrected chi connectivity index (χ4v) is 2.12. The minimum absolute atomic E-state index is 0.0831. The van der Waals surface area contributed by atoms with E-state index in [0.29, 0.717) is 13.2 Å². The van der Waals surface area contributed by atoms with Gasteiger partial charge < -0.3 is 10.1 Å². The molecule has 4 heteroatoms. The molecule has 0 bridgehead atoms. The Kier molecular flexibility index (Phi) is 6.89. The number of hydrogen-bond acceptors (Lipinski definition) is 3. The van der Waals surface area contributed by atoms with E-state index in [1.807, 2.05) is 45.0 Å². The van der Waals surface area contributed by atoms with Gasteiger partial charge in [0.05, 0.1) is 12.5 Å². The zero-order valence-electron chi connectivity index (χ0n) is 11.8. The summed E-state index contributed by atoms with van der Waals surface area (Å²) in [7, 11) is 0. The van der Waals surface area contributed by atoms with Crippen LogP contribution in [0.1, 0.15) is 32.8 Å². The van der Waals surface area contributed by atoms with E-state index in [0.717, 1.165) is 17.0 Å². The Hall–Kier alpha value is -1.06. The van der Waals surface area contributed by atoms with E-state index in [9.17, 15) is 4.79 Å². The zero-order valence-corrected chi connectivity index (χ0v) is 12.5. The van der Waals surface area contributed by atoms with E-state index in [2.05, 4.69) is 5.32 Å². The molecule has 0 aliphatic rings. The predicted molar refractivity (Wildman–Crippen MR) is 78.2 cm³/mol. The van der Waals surface area contributed by atoms with E-state index in [-0.39, 0.29) is 17.9 Å². The topological polar surface area (TPSA) is 38.3 Å². The minimum atomic E-state index is -0.124. The van der Waals surface area contributed by atoms with Crippen molar-refractivity contribution in [3.63, 3.8) is 0 Å². The molecule has 2 atom stereocenters. The van der Waals surface area contributed by atoms with Gasteiger partial charge in [-0.1, -0.05) is 30.7 Å². The molecule has 1 aromatic carbocycles. The number of halogens is 1. The largest absolute Gasteiger partial charge is 0.466 e. The fourth-order valence-electron chi connectivity index (χ4n) is 2.00. The molecule has 0 aliphatic heterocycles. The van der Waals surface area contributed by atoms with Crippen molar-refractivity contribution in [3.05, 3.63) is 34.9 Å². The van der Waals surface area contributed by atoms with Crippen molar-refractivity contribution < 1.29 is 9.53 Å². The van der Waals surface area contributed by atoms with Gasteiger partial charge in [0.2, 0.25) is 0 Å². The molecule has 1 rings (SSSR count). The van der Waals surface area contributed by atoms with Gasteiger partial charge in [0, 0.05) is 17.6 Å². The third-order valence-electron chi connectivity index (χ3n) is 3.17. The maximum atomic E-state index is 11.8. The van der Waals surface area contributed by atoms with Gasteiger partial charge in [-0.3, -0.25) is 4.79 Å². The standard InChI is InChI=1S/C15H22ClNO2/c1-4-14(15(18)19-5-2)11(3)17-10-12-6-8-13(16)9-7-12/h6-9,11,14,17H,4-5,10H2,1-3H3. The Bertz CT molecular complexity index is 392. The van der Waals surface area contributed by atoms with Crippen LogP contribution in [-0.2, 0) is 16.1 Å². The van der Waals surface area contributed by atoms with Crippen molar-refractivity contribution in [2.75, 3.05) is 6.61 Å². The molecule has 106 valence electrons. The lowest BCUT2D eigenvalue weighted by Gasteiger charge is -2.22. The number of carbonyl (C=O) groups is 1. The molecule has 19 heavy (non-hydrogen) atoms. The molecule has 0 saturated heterocycles. The molecular weight excluding hydrogens is 262 g/mol. The van der Waals surface area contributed by atoms with Crippen LogP contribution in [-0.4, -0.2) is 18.6 Å². The third kappa shape index (κ3) is 5.21. The molecule has 0 saturated carbocycles. The number of ether oxygens (including phenoxy) is 1. The number of benzene rings is 1. The first kappa shape index (κ1) is 16.0. The maximum Gasteiger partial charge on any atom is 0.310 e. The Morgan fingerprint density at radius 1 is 1.32 bits per heavy atom. The summed E-state index contributed by atoms with van der Waals surface area (Å²) < 4.78 is 5.09. The smallest absolute Gasteiger partial charge is 0.310 e. The normalized spacial score (nSPS) is 13.9. The Morgan fingerprint density at radius 3 is 2.47 bits per heavy atom. The van der Waals surface area contributed by atoms with Gasteiger partial charge in [0.1, 0.15) is 0 Å². The molecular formula is C15H22ClNO2. The van der Waals surface area contributed by atoms with Gasteiger partial charge in [0.15, 0.2) is 0 Å². The lowest BCUT2D eigenvalue weighted by molar-refractivity contribution is -0.149. The summed E-state index contributed by atoms with van der Waals surface area (Å²) in [6, 6.07) is 7.78. The van der Waals surface area contributed by atoms with E-state index < -0.39 is 0 Å². The number of carbonyl (C=O) groups excluding carboxylic acids is 1. The van der Waals surface area contributed by atoms with Crippen LogP contribution in [0, 0.1) is 5.92 Å². The average molecular weight is 284 g/mol.